The highest BCUT2D eigenvalue weighted by molar-refractivity contribution is 9.10. The maximum atomic E-state index is 12.0. The van der Waals surface area contributed by atoms with Crippen LogP contribution in [0.5, 0.6) is 0 Å². The number of aromatic nitrogens is 2. The molecule has 0 aromatic carbocycles. The van der Waals surface area contributed by atoms with Crippen molar-refractivity contribution < 1.29 is 9.53 Å². The Labute approximate surface area is 105 Å². The van der Waals surface area contributed by atoms with E-state index < -0.39 is 11.5 Å². The van der Waals surface area contributed by atoms with Crippen molar-refractivity contribution >= 4 is 27.4 Å². The van der Waals surface area contributed by atoms with Crippen LogP contribution in [-0.4, -0.2) is 22.2 Å². The minimum Gasteiger partial charge on any atom is -0.462 e. The number of halogens is 1. The van der Waals surface area contributed by atoms with E-state index in [9.17, 15) is 9.59 Å². The van der Waals surface area contributed by atoms with Crippen molar-refractivity contribution in [2.75, 3.05) is 6.61 Å². The van der Waals surface area contributed by atoms with Gasteiger partial charge in [-0.3, -0.25) is 4.79 Å². The van der Waals surface area contributed by atoms with Crippen LogP contribution < -0.4 is 5.56 Å². The Morgan fingerprint density at radius 1 is 1.59 bits per heavy atom. The highest BCUT2D eigenvalue weighted by Crippen LogP contribution is 2.16. The molecule has 2 aromatic heterocycles. The monoisotopic (exact) mass is 296 g/mol. The molecular formula is C11H9BrN2O3. The highest BCUT2D eigenvalue weighted by Gasteiger charge is 2.15. The van der Waals surface area contributed by atoms with Crippen LogP contribution in [0.25, 0.3) is 5.52 Å². The molecule has 0 N–H and O–H groups in total. The summed E-state index contributed by atoms with van der Waals surface area (Å²) in [6.07, 6.45) is 1.48. The molecule has 5 nitrogen and oxygen atoms in total. The van der Waals surface area contributed by atoms with E-state index in [1.54, 1.807) is 19.1 Å². The summed E-state index contributed by atoms with van der Waals surface area (Å²) in [5.74, 6) is -0.641. The summed E-state index contributed by atoms with van der Waals surface area (Å²) in [6, 6.07) is 4.90. The fraction of sp³-hybridized carbons (Fsp3) is 0.182. The summed E-state index contributed by atoms with van der Waals surface area (Å²) in [7, 11) is 0. The number of nitrogens with zero attached hydrogens (tertiary/aromatic N) is 2. The highest BCUT2D eigenvalue weighted by atomic mass is 79.9. The van der Waals surface area contributed by atoms with Crippen molar-refractivity contribution in [2.24, 2.45) is 0 Å². The van der Waals surface area contributed by atoms with Gasteiger partial charge in [0.2, 0.25) is 0 Å². The summed E-state index contributed by atoms with van der Waals surface area (Å²) < 4.78 is 6.59. The Kier molecular flexibility index (Phi) is 3.23. The lowest BCUT2D eigenvalue weighted by atomic mass is 10.2. The third-order valence-electron chi connectivity index (χ3n) is 2.18. The Morgan fingerprint density at radius 3 is 3.06 bits per heavy atom. The van der Waals surface area contributed by atoms with Gasteiger partial charge in [-0.15, -0.1) is 0 Å². The topological polar surface area (TPSA) is 60.7 Å². The maximum absolute atomic E-state index is 12.0. The number of esters is 1. The largest absolute Gasteiger partial charge is 0.462 e. The summed E-state index contributed by atoms with van der Waals surface area (Å²) in [5.41, 5.74) is 0.0859. The van der Waals surface area contributed by atoms with Crippen LogP contribution in [0.1, 0.15) is 17.3 Å². The molecule has 0 unspecified atom stereocenters. The zero-order chi connectivity index (χ0) is 12.4. The number of ether oxygens (including phenoxy) is 1. The van der Waals surface area contributed by atoms with Crippen LogP contribution in [0.15, 0.2) is 33.7 Å². The van der Waals surface area contributed by atoms with Crippen molar-refractivity contribution in [3.05, 3.63) is 44.8 Å². The van der Waals surface area contributed by atoms with E-state index in [-0.39, 0.29) is 12.2 Å². The lowest BCUT2D eigenvalue weighted by Gasteiger charge is -2.05. The second-order valence-electron chi connectivity index (χ2n) is 3.25. The second kappa shape index (κ2) is 4.67. The van der Waals surface area contributed by atoms with Crippen LogP contribution in [0, 0.1) is 0 Å². The van der Waals surface area contributed by atoms with E-state index in [1.807, 2.05) is 0 Å². The number of pyridine rings is 1. The van der Waals surface area contributed by atoms with Gasteiger partial charge in [-0.1, -0.05) is 0 Å². The first-order chi connectivity index (χ1) is 8.15. The van der Waals surface area contributed by atoms with Gasteiger partial charge < -0.3 is 4.74 Å². The zero-order valence-electron chi connectivity index (χ0n) is 9.01. The minimum atomic E-state index is -0.641. The Bertz CT molecular complexity index is 636. The molecular weight excluding hydrogens is 288 g/mol. The fourth-order valence-electron chi connectivity index (χ4n) is 1.45. The molecule has 0 aliphatic heterocycles. The van der Waals surface area contributed by atoms with E-state index in [0.29, 0.717) is 9.99 Å². The van der Waals surface area contributed by atoms with Crippen LogP contribution in [-0.2, 0) is 4.74 Å². The van der Waals surface area contributed by atoms with Gasteiger partial charge in [-0.05, 0) is 41.1 Å². The Balaban J connectivity index is 2.71. The van der Waals surface area contributed by atoms with Crippen molar-refractivity contribution in [2.45, 2.75) is 6.92 Å². The average molecular weight is 297 g/mol. The smallest absolute Gasteiger partial charge is 0.343 e. The third-order valence-corrected chi connectivity index (χ3v) is 2.82. The Morgan fingerprint density at radius 2 is 2.35 bits per heavy atom. The summed E-state index contributed by atoms with van der Waals surface area (Å²) in [5, 5.41) is 3.91. The summed E-state index contributed by atoms with van der Waals surface area (Å²) in [4.78, 5) is 23.6. The number of carbonyl (C=O) groups excluding carboxylic acids is 1. The number of fused-ring (bicyclic) bond motifs is 1. The van der Waals surface area contributed by atoms with Crippen molar-refractivity contribution in [3.8, 4) is 0 Å². The van der Waals surface area contributed by atoms with Crippen LogP contribution in [0.3, 0.4) is 0 Å². The molecule has 88 valence electrons. The van der Waals surface area contributed by atoms with E-state index in [2.05, 4.69) is 21.0 Å². The predicted octanol–water partition coefficient (Wildman–Crippen LogP) is 1.63. The molecule has 0 saturated carbocycles. The van der Waals surface area contributed by atoms with Crippen molar-refractivity contribution in [1.82, 2.24) is 9.61 Å². The number of carbonyl (C=O) groups is 1. The molecule has 0 aliphatic carbocycles. The number of hydrogen-bond acceptors (Lipinski definition) is 4. The normalized spacial score (nSPS) is 10.5. The lowest BCUT2D eigenvalue weighted by Crippen LogP contribution is -2.25. The lowest BCUT2D eigenvalue weighted by molar-refractivity contribution is 0.0524. The molecule has 0 aliphatic rings. The molecule has 0 spiro atoms. The number of rotatable bonds is 2. The molecule has 0 atom stereocenters. The second-order valence-corrected chi connectivity index (χ2v) is 4.11. The SMILES string of the molecule is CCOC(=O)c1cc(Br)c2cccnn2c1=O. The third kappa shape index (κ3) is 2.08. The number of hydrogen-bond donors (Lipinski definition) is 0. The molecule has 6 heteroatoms. The Hall–Kier alpha value is -1.69. The van der Waals surface area contributed by atoms with Gasteiger partial charge in [-0.2, -0.15) is 9.61 Å². The van der Waals surface area contributed by atoms with E-state index in [1.165, 1.54) is 12.3 Å². The molecule has 2 rings (SSSR count). The molecule has 0 bridgehead atoms. The first-order valence-corrected chi connectivity index (χ1v) is 5.78. The van der Waals surface area contributed by atoms with Gasteiger partial charge in [0.15, 0.2) is 0 Å². The van der Waals surface area contributed by atoms with Crippen molar-refractivity contribution in [1.29, 1.82) is 0 Å². The van der Waals surface area contributed by atoms with Crippen LogP contribution in [0.2, 0.25) is 0 Å². The van der Waals surface area contributed by atoms with E-state index >= 15 is 0 Å². The van der Waals surface area contributed by atoms with Crippen molar-refractivity contribution in [3.63, 3.8) is 0 Å². The zero-order valence-corrected chi connectivity index (χ0v) is 10.6. The first kappa shape index (κ1) is 11.8. The molecule has 0 radical (unpaired) electrons. The van der Waals surface area contributed by atoms with Crippen LogP contribution >= 0.6 is 15.9 Å². The summed E-state index contributed by atoms with van der Waals surface area (Å²) >= 11 is 3.29. The van der Waals surface area contributed by atoms with Gasteiger partial charge in [0.05, 0.1) is 12.1 Å². The summed E-state index contributed by atoms with van der Waals surface area (Å²) in [6.45, 7) is 1.91. The van der Waals surface area contributed by atoms with E-state index in [0.717, 1.165) is 4.52 Å². The maximum Gasteiger partial charge on any atom is 0.343 e. The molecule has 2 aromatic rings. The molecule has 2 heterocycles. The van der Waals surface area contributed by atoms with Gasteiger partial charge in [0.1, 0.15) is 5.56 Å². The molecule has 0 amide bonds. The van der Waals surface area contributed by atoms with Crippen LogP contribution in [0.4, 0.5) is 0 Å². The molecule has 17 heavy (non-hydrogen) atoms. The minimum absolute atomic E-state index is 0.0325. The van der Waals surface area contributed by atoms with Gasteiger partial charge in [-0.25, -0.2) is 4.79 Å². The quantitative estimate of drug-likeness (QED) is 0.791. The van der Waals surface area contributed by atoms with E-state index in [4.69, 9.17) is 4.74 Å². The van der Waals surface area contributed by atoms with Gasteiger partial charge >= 0.3 is 5.97 Å². The average Bonchev–Trinajstić information content (AvgIpc) is 2.34. The first-order valence-electron chi connectivity index (χ1n) is 4.99. The fourth-order valence-corrected chi connectivity index (χ4v) is 1.98. The molecule has 0 saturated heterocycles. The van der Waals surface area contributed by atoms with Gasteiger partial charge in [0.25, 0.3) is 5.56 Å². The standard InChI is InChI=1S/C11H9BrN2O3/c1-2-17-11(16)7-6-8(12)9-4-3-5-13-14(9)10(7)15/h3-6H,2H2,1H3. The van der Waals surface area contributed by atoms with Gasteiger partial charge in [0, 0.05) is 10.7 Å². The predicted molar refractivity (Wildman–Crippen MR) is 65.1 cm³/mol. The molecule has 0 fully saturated rings.